The summed E-state index contributed by atoms with van der Waals surface area (Å²) < 4.78 is 1.68. The number of rotatable bonds is 4. The van der Waals surface area contributed by atoms with Crippen LogP contribution in [0.5, 0.6) is 0 Å². The predicted molar refractivity (Wildman–Crippen MR) is 87.7 cm³/mol. The summed E-state index contributed by atoms with van der Waals surface area (Å²) in [4.78, 5) is 12.7. The molecule has 1 amide bonds. The number of hydrogen-bond donors (Lipinski definition) is 2. The van der Waals surface area contributed by atoms with Gasteiger partial charge in [0.25, 0.3) is 5.91 Å². The second-order valence-corrected chi connectivity index (χ2v) is 5.27. The van der Waals surface area contributed by atoms with Gasteiger partial charge in [0.15, 0.2) is 0 Å². The predicted octanol–water partition coefficient (Wildman–Crippen LogP) is 2.41. The zero-order valence-corrected chi connectivity index (χ0v) is 13.1. The third-order valence-electron chi connectivity index (χ3n) is 3.20. The maximum Gasteiger partial charge on any atom is 0.273 e. The molecule has 1 aromatic heterocycles. The van der Waals surface area contributed by atoms with E-state index in [-0.39, 0.29) is 5.91 Å². The number of nitrogens with two attached hydrogens (primary N) is 1. The molecule has 0 spiro atoms. The first kappa shape index (κ1) is 15.2. The molecular formula is C15H18N4OS. The van der Waals surface area contributed by atoms with Crippen LogP contribution in [0, 0.1) is 13.8 Å². The molecule has 0 aliphatic rings. The number of thiocarbonyl (C=S) groups is 1. The van der Waals surface area contributed by atoms with E-state index in [4.69, 9.17) is 18.0 Å². The zero-order chi connectivity index (χ0) is 15.6. The largest absolute Gasteiger partial charge is 0.389 e. The molecule has 2 rings (SSSR count). The third-order valence-corrected chi connectivity index (χ3v) is 3.44. The summed E-state index contributed by atoms with van der Waals surface area (Å²) in [6, 6.07) is 7.28. The summed E-state index contributed by atoms with van der Waals surface area (Å²) in [6.45, 7) is 6.37. The second kappa shape index (κ2) is 6.05. The Balaban J connectivity index is 2.31. The molecular weight excluding hydrogens is 284 g/mol. The van der Waals surface area contributed by atoms with Crippen LogP contribution in [0.15, 0.2) is 24.3 Å². The van der Waals surface area contributed by atoms with Crippen molar-refractivity contribution in [2.45, 2.75) is 27.3 Å². The van der Waals surface area contributed by atoms with Crippen molar-refractivity contribution in [1.82, 2.24) is 9.78 Å². The van der Waals surface area contributed by atoms with Crippen LogP contribution in [0.25, 0.3) is 0 Å². The lowest BCUT2D eigenvalue weighted by Crippen LogP contribution is -2.18. The maximum atomic E-state index is 12.4. The Morgan fingerprint density at radius 1 is 1.38 bits per heavy atom. The number of nitrogens with one attached hydrogen (secondary N) is 1. The molecule has 0 unspecified atom stereocenters. The summed E-state index contributed by atoms with van der Waals surface area (Å²) >= 11 is 4.97. The Morgan fingerprint density at radius 2 is 2.10 bits per heavy atom. The van der Waals surface area contributed by atoms with Crippen molar-refractivity contribution in [3.8, 4) is 0 Å². The molecule has 0 atom stereocenters. The van der Waals surface area contributed by atoms with Gasteiger partial charge in [-0.15, -0.1) is 0 Å². The van der Waals surface area contributed by atoms with E-state index in [1.54, 1.807) is 16.8 Å². The van der Waals surface area contributed by atoms with Crippen LogP contribution >= 0.6 is 12.2 Å². The Hall–Kier alpha value is -2.21. The molecule has 0 aliphatic carbocycles. The first-order valence-electron chi connectivity index (χ1n) is 6.68. The van der Waals surface area contributed by atoms with Crippen molar-refractivity contribution in [2.75, 3.05) is 5.32 Å². The van der Waals surface area contributed by atoms with Crippen molar-refractivity contribution < 1.29 is 4.79 Å². The van der Waals surface area contributed by atoms with Gasteiger partial charge in [-0.05, 0) is 38.5 Å². The minimum Gasteiger partial charge on any atom is -0.389 e. The van der Waals surface area contributed by atoms with Crippen LogP contribution in [-0.4, -0.2) is 20.7 Å². The fourth-order valence-corrected chi connectivity index (χ4v) is 2.19. The summed E-state index contributed by atoms with van der Waals surface area (Å²) in [5, 5.41) is 7.17. The zero-order valence-electron chi connectivity index (χ0n) is 12.3. The lowest BCUT2D eigenvalue weighted by molar-refractivity contribution is 0.101. The topological polar surface area (TPSA) is 72.9 Å². The van der Waals surface area contributed by atoms with Crippen LogP contribution in [0.3, 0.4) is 0 Å². The molecule has 0 saturated carbocycles. The lowest BCUT2D eigenvalue weighted by Gasteiger charge is -2.11. The highest BCUT2D eigenvalue weighted by atomic mass is 32.1. The molecule has 1 aromatic carbocycles. The average Bonchev–Trinajstić information content (AvgIpc) is 2.82. The Morgan fingerprint density at radius 3 is 2.71 bits per heavy atom. The van der Waals surface area contributed by atoms with Gasteiger partial charge < -0.3 is 11.1 Å². The van der Waals surface area contributed by atoms with Crippen molar-refractivity contribution in [3.05, 3.63) is 46.8 Å². The molecule has 21 heavy (non-hydrogen) atoms. The van der Waals surface area contributed by atoms with Gasteiger partial charge in [-0.25, -0.2) is 0 Å². The standard InChI is InChI=1S/C15H18N4OS/c1-4-19-13(7-10(3)18-19)15(20)17-12-8-11(14(16)21)6-5-9(12)2/h5-8H,4H2,1-3H3,(H2,16,21)(H,17,20). The normalized spacial score (nSPS) is 10.4. The highest BCUT2D eigenvalue weighted by molar-refractivity contribution is 7.80. The van der Waals surface area contributed by atoms with Crippen LogP contribution in [-0.2, 0) is 6.54 Å². The number of anilines is 1. The van der Waals surface area contributed by atoms with Crippen molar-refractivity contribution in [1.29, 1.82) is 0 Å². The second-order valence-electron chi connectivity index (χ2n) is 4.83. The van der Waals surface area contributed by atoms with Gasteiger partial charge >= 0.3 is 0 Å². The van der Waals surface area contributed by atoms with Gasteiger partial charge in [0.05, 0.1) is 5.69 Å². The van der Waals surface area contributed by atoms with Gasteiger partial charge in [0.1, 0.15) is 10.7 Å². The molecule has 0 fully saturated rings. The van der Waals surface area contributed by atoms with E-state index in [1.807, 2.05) is 32.9 Å². The number of hydrogen-bond acceptors (Lipinski definition) is 3. The summed E-state index contributed by atoms with van der Waals surface area (Å²) in [5.74, 6) is -0.194. The van der Waals surface area contributed by atoms with Crippen molar-refractivity contribution in [2.24, 2.45) is 5.73 Å². The number of nitrogens with zero attached hydrogens (tertiary/aromatic N) is 2. The molecule has 1 heterocycles. The average molecular weight is 302 g/mol. The minimum atomic E-state index is -0.194. The smallest absolute Gasteiger partial charge is 0.273 e. The van der Waals surface area contributed by atoms with Gasteiger partial charge in [0.2, 0.25) is 0 Å². The van der Waals surface area contributed by atoms with Crippen molar-refractivity contribution >= 4 is 28.8 Å². The van der Waals surface area contributed by atoms with Gasteiger partial charge in [-0.1, -0.05) is 24.4 Å². The summed E-state index contributed by atoms with van der Waals surface area (Å²) in [6.07, 6.45) is 0. The van der Waals surface area contributed by atoms with E-state index >= 15 is 0 Å². The SMILES string of the molecule is CCn1nc(C)cc1C(=O)Nc1cc(C(N)=S)ccc1C. The first-order valence-corrected chi connectivity index (χ1v) is 7.09. The highest BCUT2D eigenvalue weighted by Gasteiger charge is 2.14. The van der Waals surface area contributed by atoms with E-state index in [0.717, 1.165) is 16.8 Å². The number of aryl methyl sites for hydroxylation is 3. The molecule has 3 N–H and O–H groups in total. The van der Waals surface area contributed by atoms with Crippen LogP contribution < -0.4 is 11.1 Å². The maximum absolute atomic E-state index is 12.4. The van der Waals surface area contributed by atoms with Crippen LogP contribution in [0.2, 0.25) is 0 Å². The molecule has 0 aliphatic heterocycles. The summed E-state index contributed by atoms with van der Waals surface area (Å²) in [5.41, 5.74) is 9.36. The van der Waals surface area contributed by atoms with Gasteiger partial charge in [-0.2, -0.15) is 5.10 Å². The van der Waals surface area contributed by atoms with Crippen molar-refractivity contribution in [3.63, 3.8) is 0 Å². The lowest BCUT2D eigenvalue weighted by atomic mass is 10.1. The number of carbonyl (C=O) groups excluding carboxylic acids is 1. The molecule has 0 radical (unpaired) electrons. The highest BCUT2D eigenvalue weighted by Crippen LogP contribution is 2.18. The minimum absolute atomic E-state index is 0.194. The number of carbonyl (C=O) groups is 1. The Labute approximate surface area is 129 Å². The number of amides is 1. The fourth-order valence-electron chi connectivity index (χ4n) is 2.07. The van der Waals surface area contributed by atoms with Gasteiger partial charge in [-0.3, -0.25) is 9.48 Å². The number of aromatic nitrogens is 2. The first-order chi connectivity index (χ1) is 9.92. The van der Waals surface area contributed by atoms with E-state index in [1.165, 1.54) is 0 Å². The van der Waals surface area contributed by atoms with Crippen LogP contribution in [0.4, 0.5) is 5.69 Å². The van der Waals surface area contributed by atoms with E-state index in [0.29, 0.717) is 22.9 Å². The Kier molecular flexibility index (Phi) is 4.37. The monoisotopic (exact) mass is 302 g/mol. The molecule has 2 aromatic rings. The summed E-state index contributed by atoms with van der Waals surface area (Å²) in [7, 11) is 0. The Bertz CT molecular complexity index is 706. The van der Waals surface area contributed by atoms with Gasteiger partial charge in [0, 0.05) is 17.8 Å². The molecule has 0 bridgehead atoms. The molecule has 6 heteroatoms. The quantitative estimate of drug-likeness (QED) is 0.851. The molecule has 5 nitrogen and oxygen atoms in total. The molecule has 0 saturated heterocycles. The van der Waals surface area contributed by atoms with Crippen LogP contribution in [0.1, 0.15) is 34.2 Å². The van der Waals surface area contributed by atoms with E-state index in [2.05, 4.69) is 10.4 Å². The van der Waals surface area contributed by atoms with E-state index < -0.39 is 0 Å². The number of benzene rings is 1. The molecule has 110 valence electrons. The third kappa shape index (κ3) is 3.28. The van der Waals surface area contributed by atoms with E-state index in [9.17, 15) is 4.79 Å². The fraction of sp³-hybridized carbons (Fsp3) is 0.267.